The summed E-state index contributed by atoms with van der Waals surface area (Å²) < 4.78 is 35.8. The SMILES string of the molecule is Cc1ccncc1C(=O)C(F)(F)F. The van der Waals surface area contributed by atoms with Crippen LogP contribution in [0.25, 0.3) is 0 Å². The molecule has 0 unspecified atom stereocenters. The van der Waals surface area contributed by atoms with Gasteiger partial charge in [0.25, 0.3) is 5.78 Å². The van der Waals surface area contributed by atoms with Crippen molar-refractivity contribution in [1.82, 2.24) is 4.98 Å². The van der Waals surface area contributed by atoms with Gasteiger partial charge in [0, 0.05) is 18.0 Å². The molecule has 5 heteroatoms. The molecule has 1 rings (SSSR count). The maximum Gasteiger partial charge on any atom is 0.454 e. The van der Waals surface area contributed by atoms with Crippen molar-refractivity contribution in [2.45, 2.75) is 13.1 Å². The molecule has 0 spiro atoms. The summed E-state index contributed by atoms with van der Waals surface area (Å²) in [6.45, 7) is 1.43. The lowest BCUT2D eigenvalue weighted by Crippen LogP contribution is -2.23. The molecule has 2 nitrogen and oxygen atoms in total. The second kappa shape index (κ2) is 3.16. The van der Waals surface area contributed by atoms with E-state index in [0.29, 0.717) is 0 Å². The summed E-state index contributed by atoms with van der Waals surface area (Å²) >= 11 is 0. The molecule has 0 N–H and O–H groups in total. The van der Waals surface area contributed by atoms with Gasteiger partial charge >= 0.3 is 6.18 Å². The van der Waals surface area contributed by atoms with E-state index in [1.807, 2.05) is 0 Å². The van der Waals surface area contributed by atoms with E-state index in [1.165, 1.54) is 19.2 Å². The molecule has 0 bridgehead atoms. The Morgan fingerprint density at radius 3 is 2.54 bits per heavy atom. The van der Waals surface area contributed by atoms with E-state index in [9.17, 15) is 18.0 Å². The Balaban J connectivity index is 3.10. The molecule has 0 aliphatic heterocycles. The van der Waals surface area contributed by atoms with Gasteiger partial charge < -0.3 is 0 Å². The van der Waals surface area contributed by atoms with Gasteiger partial charge in [-0.1, -0.05) is 0 Å². The molecule has 0 aliphatic rings. The lowest BCUT2D eigenvalue weighted by Gasteiger charge is -2.06. The smallest absolute Gasteiger partial charge is 0.284 e. The molecular weight excluding hydrogens is 183 g/mol. The highest BCUT2D eigenvalue weighted by Gasteiger charge is 2.39. The number of Topliss-reactive ketones (excluding diaryl/α,β-unsaturated/α-hetero) is 1. The number of alkyl halides is 3. The van der Waals surface area contributed by atoms with Crippen LogP contribution in [0.1, 0.15) is 15.9 Å². The topological polar surface area (TPSA) is 30.0 Å². The Morgan fingerprint density at radius 1 is 1.46 bits per heavy atom. The molecule has 0 saturated carbocycles. The third kappa shape index (κ3) is 2.05. The molecule has 0 saturated heterocycles. The minimum Gasteiger partial charge on any atom is -0.284 e. The summed E-state index contributed by atoms with van der Waals surface area (Å²) in [5.41, 5.74) is -0.118. The third-order valence-corrected chi connectivity index (χ3v) is 1.54. The fourth-order valence-electron chi connectivity index (χ4n) is 0.854. The van der Waals surface area contributed by atoms with E-state index in [-0.39, 0.29) is 5.56 Å². The van der Waals surface area contributed by atoms with Gasteiger partial charge in [-0.25, -0.2) is 0 Å². The van der Waals surface area contributed by atoms with Crippen LogP contribution in [-0.2, 0) is 0 Å². The number of hydrogen-bond donors (Lipinski definition) is 0. The average Bonchev–Trinajstić information content (AvgIpc) is 2.02. The predicted molar refractivity (Wildman–Crippen MR) is 39.4 cm³/mol. The Labute approximate surface area is 72.4 Å². The van der Waals surface area contributed by atoms with Gasteiger partial charge in [-0.05, 0) is 18.6 Å². The molecule has 70 valence electrons. The maximum absolute atomic E-state index is 11.9. The molecule has 0 atom stereocenters. The highest BCUT2D eigenvalue weighted by molar-refractivity contribution is 6.01. The van der Waals surface area contributed by atoms with Crippen LogP contribution in [0.2, 0.25) is 0 Å². The number of carbonyl (C=O) groups is 1. The van der Waals surface area contributed by atoms with Crippen LogP contribution in [0, 0.1) is 6.92 Å². The van der Waals surface area contributed by atoms with Crippen molar-refractivity contribution >= 4 is 5.78 Å². The number of ketones is 1. The van der Waals surface area contributed by atoms with Gasteiger partial charge in [-0.3, -0.25) is 9.78 Å². The van der Waals surface area contributed by atoms with Crippen LogP contribution in [-0.4, -0.2) is 16.9 Å². The van der Waals surface area contributed by atoms with Crippen LogP contribution in [0.5, 0.6) is 0 Å². The van der Waals surface area contributed by atoms with Gasteiger partial charge in [0.2, 0.25) is 0 Å². The first-order chi connectivity index (χ1) is 5.93. The van der Waals surface area contributed by atoms with Gasteiger partial charge in [-0.2, -0.15) is 13.2 Å². The van der Waals surface area contributed by atoms with Crippen molar-refractivity contribution in [3.05, 3.63) is 29.6 Å². The molecule has 1 aromatic rings. The molecule has 0 aromatic carbocycles. The second-order valence-corrected chi connectivity index (χ2v) is 2.52. The number of carbonyl (C=O) groups excluding carboxylic acids is 1. The van der Waals surface area contributed by atoms with E-state index < -0.39 is 17.5 Å². The Morgan fingerprint density at radius 2 is 2.08 bits per heavy atom. The van der Waals surface area contributed by atoms with E-state index in [0.717, 1.165) is 6.20 Å². The van der Waals surface area contributed by atoms with Crippen molar-refractivity contribution < 1.29 is 18.0 Å². The summed E-state index contributed by atoms with van der Waals surface area (Å²) in [5.74, 6) is -1.85. The Kier molecular flexibility index (Phi) is 2.36. The van der Waals surface area contributed by atoms with Gasteiger partial charge in [0.1, 0.15) is 0 Å². The first-order valence-corrected chi connectivity index (χ1v) is 3.45. The molecule has 1 heterocycles. The minimum absolute atomic E-state index is 0.275. The van der Waals surface area contributed by atoms with E-state index >= 15 is 0 Å². The first kappa shape index (κ1) is 9.70. The maximum atomic E-state index is 11.9. The lowest BCUT2D eigenvalue weighted by molar-refractivity contribution is -0.0885. The minimum atomic E-state index is -4.83. The highest BCUT2D eigenvalue weighted by atomic mass is 19.4. The second-order valence-electron chi connectivity index (χ2n) is 2.52. The van der Waals surface area contributed by atoms with E-state index in [2.05, 4.69) is 4.98 Å². The third-order valence-electron chi connectivity index (χ3n) is 1.54. The summed E-state index contributed by atoms with van der Waals surface area (Å²) in [6.07, 6.45) is -2.57. The van der Waals surface area contributed by atoms with Gasteiger partial charge in [0.15, 0.2) is 0 Å². The zero-order valence-corrected chi connectivity index (χ0v) is 6.72. The van der Waals surface area contributed by atoms with E-state index in [1.54, 1.807) is 0 Å². The number of rotatable bonds is 1. The Bertz CT molecular complexity index is 332. The predicted octanol–water partition coefficient (Wildman–Crippen LogP) is 2.14. The normalized spacial score (nSPS) is 11.4. The van der Waals surface area contributed by atoms with Crippen molar-refractivity contribution in [2.24, 2.45) is 0 Å². The zero-order chi connectivity index (χ0) is 10.1. The molecule has 0 radical (unpaired) electrons. The van der Waals surface area contributed by atoms with Crippen LogP contribution in [0.4, 0.5) is 13.2 Å². The molecule has 0 amide bonds. The average molecular weight is 189 g/mol. The Hall–Kier alpha value is -1.39. The van der Waals surface area contributed by atoms with Crippen molar-refractivity contribution in [2.75, 3.05) is 0 Å². The molecule has 0 fully saturated rings. The highest BCUT2D eigenvalue weighted by Crippen LogP contribution is 2.22. The zero-order valence-electron chi connectivity index (χ0n) is 6.72. The van der Waals surface area contributed by atoms with Crippen LogP contribution in [0.15, 0.2) is 18.5 Å². The molecule has 1 aromatic heterocycles. The van der Waals surface area contributed by atoms with Crippen LogP contribution in [0.3, 0.4) is 0 Å². The summed E-state index contributed by atoms with van der Waals surface area (Å²) in [7, 11) is 0. The fraction of sp³-hybridized carbons (Fsp3) is 0.250. The number of nitrogens with zero attached hydrogens (tertiary/aromatic N) is 1. The van der Waals surface area contributed by atoms with Crippen LogP contribution >= 0.6 is 0 Å². The number of halogens is 3. The summed E-state index contributed by atoms with van der Waals surface area (Å²) in [6, 6.07) is 1.36. The van der Waals surface area contributed by atoms with Crippen molar-refractivity contribution in [3.63, 3.8) is 0 Å². The van der Waals surface area contributed by atoms with E-state index in [4.69, 9.17) is 0 Å². The summed E-state index contributed by atoms with van der Waals surface area (Å²) in [5, 5.41) is 0. The molecule has 0 aliphatic carbocycles. The van der Waals surface area contributed by atoms with Gasteiger partial charge in [-0.15, -0.1) is 0 Å². The lowest BCUT2D eigenvalue weighted by atomic mass is 10.1. The monoisotopic (exact) mass is 189 g/mol. The quantitative estimate of drug-likeness (QED) is 0.633. The molecule has 13 heavy (non-hydrogen) atoms. The summed E-state index contributed by atoms with van der Waals surface area (Å²) in [4.78, 5) is 14.2. The number of pyridine rings is 1. The number of aromatic nitrogens is 1. The van der Waals surface area contributed by atoms with Crippen LogP contribution < -0.4 is 0 Å². The number of hydrogen-bond acceptors (Lipinski definition) is 2. The fourth-order valence-corrected chi connectivity index (χ4v) is 0.854. The first-order valence-electron chi connectivity index (χ1n) is 3.45. The standard InChI is InChI=1S/C8H6F3NO/c1-5-2-3-12-4-6(5)7(13)8(9,10)11/h2-4H,1H3. The van der Waals surface area contributed by atoms with Crippen molar-refractivity contribution in [1.29, 1.82) is 0 Å². The molecular formula is C8H6F3NO. The van der Waals surface area contributed by atoms with Crippen molar-refractivity contribution in [3.8, 4) is 0 Å². The largest absolute Gasteiger partial charge is 0.454 e. The number of aryl methyl sites for hydroxylation is 1. The van der Waals surface area contributed by atoms with Gasteiger partial charge in [0.05, 0.1) is 0 Å².